The van der Waals surface area contributed by atoms with Crippen molar-refractivity contribution in [3.8, 4) is 0 Å². The molecule has 0 heterocycles. The van der Waals surface area contributed by atoms with Crippen LogP contribution in [0.15, 0.2) is 0 Å². The molecule has 0 aromatic rings. The number of amides is 1. The minimum atomic E-state index is -0.0551. The molecule has 0 aliphatic carbocycles. The summed E-state index contributed by atoms with van der Waals surface area (Å²) >= 11 is 0. The molecule has 2 N–H and O–H groups in total. The van der Waals surface area contributed by atoms with Crippen LogP contribution in [-0.4, -0.2) is 50.6 Å². The predicted molar refractivity (Wildman–Crippen MR) is 68.5 cm³/mol. The fraction of sp³-hybridized carbons (Fsp3) is 0.917. The van der Waals surface area contributed by atoms with Crippen LogP contribution in [0.25, 0.3) is 0 Å². The molecule has 4 nitrogen and oxygen atoms in total. The maximum atomic E-state index is 11.8. The number of nitrogens with zero attached hydrogens (tertiary/aromatic N) is 1. The van der Waals surface area contributed by atoms with E-state index in [1.165, 1.54) is 0 Å². The average Bonchev–Trinajstić information content (AvgIpc) is 2.24. The molecule has 1 atom stereocenters. The highest BCUT2D eigenvalue weighted by atomic mass is 16.2. The highest BCUT2D eigenvalue weighted by Gasteiger charge is 2.16. The van der Waals surface area contributed by atoms with Gasteiger partial charge >= 0.3 is 0 Å². The van der Waals surface area contributed by atoms with Crippen molar-refractivity contribution in [1.82, 2.24) is 15.5 Å². The van der Waals surface area contributed by atoms with Crippen molar-refractivity contribution in [3.63, 3.8) is 0 Å². The van der Waals surface area contributed by atoms with Crippen LogP contribution in [0.2, 0.25) is 0 Å². The lowest BCUT2D eigenvalue weighted by Crippen LogP contribution is -2.45. The molecule has 96 valence electrons. The molecule has 0 aromatic carbocycles. The lowest BCUT2D eigenvalue weighted by Gasteiger charge is -2.23. The highest BCUT2D eigenvalue weighted by molar-refractivity contribution is 5.81. The number of hydrogen-bond acceptors (Lipinski definition) is 3. The van der Waals surface area contributed by atoms with Gasteiger partial charge in [-0.1, -0.05) is 13.8 Å². The number of likely N-dealkylation sites (N-methyl/N-ethyl adjacent to an activating group) is 2. The van der Waals surface area contributed by atoms with Crippen molar-refractivity contribution >= 4 is 5.91 Å². The summed E-state index contributed by atoms with van der Waals surface area (Å²) in [5, 5.41) is 6.05. The zero-order valence-electron chi connectivity index (χ0n) is 11.3. The number of rotatable bonds is 8. The summed E-state index contributed by atoms with van der Waals surface area (Å²) in [4.78, 5) is 13.8. The average molecular weight is 229 g/mol. The number of carbonyl (C=O) groups is 1. The van der Waals surface area contributed by atoms with Gasteiger partial charge in [-0.3, -0.25) is 9.69 Å². The first-order valence-corrected chi connectivity index (χ1v) is 6.11. The van der Waals surface area contributed by atoms with E-state index in [4.69, 9.17) is 0 Å². The Morgan fingerprint density at radius 1 is 1.25 bits per heavy atom. The van der Waals surface area contributed by atoms with E-state index in [9.17, 15) is 4.79 Å². The molecular formula is C12H27N3O. The smallest absolute Gasteiger partial charge is 0.237 e. The van der Waals surface area contributed by atoms with Crippen LogP contribution in [0.1, 0.15) is 27.2 Å². The van der Waals surface area contributed by atoms with E-state index in [2.05, 4.69) is 29.4 Å². The summed E-state index contributed by atoms with van der Waals surface area (Å²) < 4.78 is 0. The summed E-state index contributed by atoms with van der Waals surface area (Å²) in [5.74, 6) is 0.761. The Bertz CT molecular complexity index is 195. The number of nitrogens with one attached hydrogen (secondary N) is 2. The summed E-state index contributed by atoms with van der Waals surface area (Å²) in [6.07, 6.45) is 1.04. The van der Waals surface area contributed by atoms with Gasteiger partial charge < -0.3 is 10.6 Å². The molecule has 0 saturated heterocycles. The molecule has 0 spiro atoms. The molecule has 0 aromatic heterocycles. The Labute approximate surface area is 99.8 Å². The van der Waals surface area contributed by atoms with Crippen LogP contribution in [-0.2, 0) is 4.79 Å². The van der Waals surface area contributed by atoms with Gasteiger partial charge in [0, 0.05) is 19.6 Å². The Kier molecular flexibility index (Phi) is 8.21. The third kappa shape index (κ3) is 6.80. The van der Waals surface area contributed by atoms with E-state index in [0.29, 0.717) is 5.92 Å². The van der Waals surface area contributed by atoms with Crippen molar-refractivity contribution in [2.75, 3.05) is 33.7 Å². The first-order chi connectivity index (χ1) is 7.49. The minimum absolute atomic E-state index is 0.0551. The molecule has 0 fully saturated rings. The molecular weight excluding hydrogens is 202 g/mol. The first kappa shape index (κ1) is 15.4. The first-order valence-electron chi connectivity index (χ1n) is 6.11. The molecule has 0 bridgehead atoms. The molecule has 1 unspecified atom stereocenters. The fourth-order valence-corrected chi connectivity index (χ4v) is 1.31. The molecule has 0 radical (unpaired) electrons. The van der Waals surface area contributed by atoms with Gasteiger partial charge in [0.25, 0.3) is 0 Å². The predicted octanol–water partition coefficient (Wildman–Crippen LogP) is 0.688. The Morgan fingerprint density at radius 3 is 2.38 bits per heavy atom. The third-order valence-corrected chi connectivity index (χ3v) is 2.78. The maximum absolute atomic E-state index is 11.8. The van der Waals surface area contributed by atoms with E-state index in [-0.39, 0.29) is 11.9 Å². The normalized spacial score (nSPS) is 13.2. The second kappa shape index (κ2) is 8.53. The Hall–Kier alpha value is -0.610. The highest BCUT2D eigenvalue weighted by Crippen LogP contribution is 1.98. The van der Waals surface area contributed by atoms with Gasteiger partial charge in [-0.05, 0) is 33.4 Å². The lowest BCUT2D eigenvalue weighted by atomic mass is 10.1. The van der Waals surface area contributed by atoms with E-state index in [1.807, 2.05) is 21.0 Å². The van der Waals surface area contributed by atoms with Crippen LogP contribution < -0.4 is 10.6 Å². The third-order valence-electron chi connectivity index (χ3n) is 2.78. The van der Waals surface area contributed by atoms with Crippen LogP contribution in [0.4, 0.5) is 0 Å². The van der Waals surface area contributed by atoms with E-state index in [1.54, 1.807) is 0 Å². The van der Waals surface area contributed by atoms with Crippen molar-refractivity contribution in [2.45, 2.75) is 33.2 Å². The fourth-order valence-electron chi connectivity index (χ4n) is 1.31. The van der Waals surface area contributed by atoms with Crippen molar-refractivity contribution in [3.05, 3.63) is 0 Å². The van der Waals surface area contributed by atoms with Gasteiger partial charge in [0.15, 0.2) is 0 Å². The summed E-state index contributed by atoms with van der Waals surface area (Å²) in [6, 6.07) is -0.0551. The van der Waals surface area contributed by atoms with Gasteiger partial charge in [-0.15, -0.1) is 0 Å². The van der Waals surface area contributed by atoms with Crippen LogP contribution in [0.3, 0.4) is 0 Å². The van der Waals surface area contributed by atoms with Gasteiger partial charge in [0.2, 0.25) is 5.91 Å². The molecule has 0 rings (SSSR count). The second-order valence-electron chi connectivity index (χ2n) is 4.73. The Balaban J connectivity index is 3.79. The van der Waals surface area contributed by atoms with Crippen molar-refractivity contribution in [1.29, 1.82) is 0 Å². The summed E-state index contributed by atoms with van der Waals surface area (Å²) in [7, 11) is 3.89. The van der Waals surface area contributed by atoms with Gasteiger partial charge in [0.1, 0.15) is 0 Å². The van der Waals surface area contributed by atoms with E-state index >= 15 is 0 Å². The summed E-state index contributed by atoms with van der Waals surface area (Å²) in [5.41, 5.74) is 0. The van der Waals surface area contributed by atoms with Crippen LogP contribution in [0, 0.1) is 5.92 Å². The SMILES string of the molecule is CNCCN(C)C(C)C(=O)NCCC(C)C. The van der Waals surface area contributed by atoms with Crippen LogP contribution in [0.5, 0.6) is 0 Å². The standard InChI is InChI=1S/C12H27N3O/c1-10(2)6-7-14-12(16)11(3)15(5)9-8-13-4/h10-11,13H,6-9H2,1-5H3,(H,14,16). The molecule has 0 aliphatic rings. The quantitative estimate of drug-likeness (QED) is 0.643. The number of hydrogen-bond donors (Lipinski definition) is 2. The Morgan fingerprint density at radius 2 is 1.88 bits per heavy atom. The van der Waals surface area contributed by atoms with Crippen molar-refractivity contribution in [2.24, 2.45) is 5.92 Å². The molecule has 16 heavy (non-hydrogen) atoms. The van der Waals surface area contributed by atoms with Gasteiger partial charge in [-0.2, -0.15) is 0 Å². The second-order valence-corrected chi connectivity index (χ2v) is 4.73. The number of carbonyl (C=O) groups excluding carboxylic acids is 1. The monoisotopic (exact) mass is 229 g/mol. The lowest BCUT2D eigenvalue weighted by molar-refractivity contribution is -0.125. The molecule has 4 heteroatoms. The van der Waals surface area contributed by atoms with E-state index in [0.717, 1.165) is 26.1 Å². The summed E-state index contributed by atoms with van der Waals surface area (Å²) in [6.45, 7) is 8.83. The molecule has 0 saturated carbocycles. The van der Waals surface area contributed by atoms with Gasteiger partial charge in [-0.25, -0.2) is 0 Å². The van der Waals surface area contributed by atoms with Gasteiger partial charge in [0.05, 0.1) is 6.04 Å². The minimum Gasteiger partial charge on any atom is -0.355 e. The molecule has 0 aliphatic heterocycles. The maximum Gasteiger partial charge on any atom is 0.237 e. The van der Waals surface area contributed by atoms with Crippen LogP contribution >= 0.6 is 0 Å². The topological polar surface area (TPSA) is 44.4 Å². The molecule has 1 amide bonds. The van der Waals surface area contributed by atoms with E-state index < -0.39 is 0 Å². The zero-order valence-corrected chi connectivity index (χ0v) is 11.3. The van der Waals surface area contributed by atoms with Crippen molar-refractivity contribution < 1.29 is 4.79 Å². The zero-order chi connectivity index (χ0) is 12.6. The largest absolute Gasteiger partial charge is 0.355 e.